The summed E-state index contributed by atoms with van der Waals surface area (Å²) in [6, 6.07) is 4.47. The van der Waals surface area contributed by atoms with Crippen LogP contribution < -0.4 is 4.74 Å². The molecule has 1 aliphatic rings. The zero-order chi connectivity index (χ0) is 19.3. The number of aliphatic hydroxyl groups excluding tert-OH is 1. The van der Waals surface area contributed by atoms with Crippen molar-refractivity contribution < 1.29 is 29.1 Å². The standard InChI is InChI=1S/C17H20N2O7/c1-25-12-5-3-11(4-6-12)9-18-14(17(22)26-2)8-7-13(16(18)21)15(10-20)19(23)24/h3-7,14-15,20H,8-10H2,1-2H3. The number of hydrogen-bond acceptors (Lipinski definition) is 7. The third kappa shape index (κ3) is 3.99. The molecule has 0 saturated carbocycles. The number of nitrogens with zero attached hydrogens (tertiary/aromatic N) is 2. The monoisotopic (exact) mass is 364 g/mol. The lowest BCUT2D eigenvalue weighted by molar-refractivity contribution is -0.514. The largest absolute Gasteiger partial charge is 0.497 e. The Kier molecular flexibility index (Phi) is 6.29. The first-order valence-electron chi connectivity index (χ1n) is 7.89. The molecule has 0 bridgehead atoms. The van der Waals surface area contributed by atoms with Crippen LogP contribution in [-0.2, 0) is 20.9 Å². The number of ether oxygens (including phenoxy) is 2. The van der Waals surface area contributed by atoms with Crippen LogP contribution in [0.1, 0.15) is 12.0 Å². The number of nitro groups is 1. The molecule has 0 fully saturated rings. The lowest BCUT2D eigenvalue weighted by Gasteiger charge is -2.33. The Morgan fingerprint density at radius 3 is 2.54 bits per heavy atom. The van der Waals surface area contributed by atoms with Crippen LogP contribution in [0.2, 0.25) is 0 Å². The van der Waals surface area contributed by atoms with E-state index in [9.17, 15) is 24.8 Å². The second kappa shape index (κ2) is 8.43. The fourth-order valence-corrected chi connectivity index (χ4v) is 2.79. The number of carbonyl (C=O) groups is 2. The van der Waals surface area contributed by atoms with Gasteiger partial charge in [-0.15, -0.1) is 0 Å². The highest BCUT2D eigenvalue weighted by Gasteiger charge is 2.41. The summed E-state index contributed by atoms with van der Waals surface area (Å²) < 4.78 is 9.83. The maximum atomic E-state index is 12.8. The van der Waals surface area contributed by atoms with Crippen molar-refractivity contribution in [3.8, 4) is 5.75 Å². The number of carbonyl (C=O) groups excluding carboxylic acids is 2. The molecule has 0 saturated heterocycles. The molecular weight excluding hydrogens is 344 g/mol. The van der Waals surface area contributed by atoms with E-state index in [1.54, 1.807) is 24.3 Å². The van der Waals surface area contributed by atoms with E-state index in [1.165, 1.54) is 25.2 Å². The second-order valence-electron chi connectivity index (χ2n) is 5.70. The van der Waals surface area contributed by atoms with Crippen LogP contribution >= 0.6 is 0 Å². The van der Waals surface area contributed by atoms with E-state index >= 15 is 0 Å². The summed E-state index contributed by atoms with van der Waals surface area (Å²) in [7, 11) is 2.74. The Morgan fingerprint density at radius 2 is 2.04 bits per heavy atom. The summed E-state index contributed by atoms with van der Waals surface area (Å²) in [6.07, 6.45) is 1.41. The van der Waals surface area contributed by atoms with Crippen LogP contribution in [-0.4, -0.2) is 59.7 Å². The lowest BCUT2D eigenvalue weighted by Crippen LogP contribution is -2.50. The van der Waals surface area contributed by atoms with Crippen molar-refractivity contribution in [1.82, 2.24) is 4.90 Å². The van der Waals surface area contributed by atoms with Crippen LogP contribution in [0, 0.1) is 10.1 Å². The molecule has 1 aliphatic heterocycles. The Bertz CT molecular complexity index is 714. The lowest BCUT2D eigenvalue weighted by atomic mass is 9.96. The predicted molar refractivity (Wildman–Crippen MR) is 89.9 cm³/mol. The highest BCUT2D eigenvalue weighted by Crippen LogP contribution is 2.25. The first-order valence-corrected chi connectivity index (χ1v) is 7.89. The third-order valence-corrected chi connectivity index (χ3v) is 4.22. The zero-order valence-electron chi connectivity index (χ0n) is 14.5. The van der Waals surface area contributed by atoms with E-state index in [4.69, 9.17) is 9.47 Å². The van der Waals surface area contributed by atoms with Gasteiger partial charge in [0.2, 0.25) is 0 Å². The van der Waals surface area contributed by atoms with Crippen molar-refractivity contribution in [3.05, 3.63) is 51.6 Å². The molecular formula is C17H20N2O7. The zero-order valence-corrected chi connectivity index (χ0v) is 14.5. The van der Waals surface area contributed by atoms with Gasteiger partial charge in [0.05, 0.1) is 19.8 Å². The van der Waals surface area contributed by atoms with Crippen molar-refractivity contribution in [2.75, 3.05) is 20.8 Å². The van der Waals surface area contributed by atoms with Gasteiger partial charge >= 0.3 is 5.97 Å². The van der Waals surface area contributed by atoms with E-state index < -0.39 is 35.5 Å². The minimum atomic E-state index is -1.53. The highest BCUT2D eigenvalue weighted by atomic mass is 16.6. The molecule has 2 rings (SSSR count). The summed E-state index contributed by atoms with van der Waals surface area (Å²) in [5, 5.41) is 20.4. The molecule has 140 valence electrons. The van der Waals surface area contributed by atoms with Crippen molar-refractivity contribution in [2.24, 2.45) is 0 Å². The normalized spacial score (nSPS) is 18.1. The minimum absolute atomic E-state index is 0.0653. The molecule has 1 aromatic rings. The number of aliphatic hydroxyl groups is 1. The van der Waals surface area contributed by atoms with Gasteiger partial charge in [0.15, 0.2) is 0 Å². The molecule has 1 aromatic carbocycles. The van der Waals surface area contributed by atoms with E-state index in [0.717, 1.165) is 5.56 Å². The first kappa shape index (κ1) is 19.4. The van der Waals surface area contributed by atoms with E-state index in [0.29, 0.717) is 5.75 Å². The first-order chi connectivity index (χ1) is 12.4. The SMILES string of the molecule is COC(=O)C1CC=C(C(CO)[N+](=O)[O-])C(=O)N1Cc1ccc(OC)cc1. The van der Waals surface area contributed by atoms with Gasteiger partial charge in [-0.05, 0) is 24.1 Å². The molecule has 0 spiro atoms. The number of esters is 1. The van der Waals surface area contributed by atoms with Crippen LogP contribution in [0.4, 0.5) is 0 Å². The van der Waals surface area contributed by atoms with Crippen molar-refractivity contribution >= 4 is 11.9 Å². The minimum Gasteiger partial charge on any atom is -0.497 e. The molecule has 2 unspecified atom stereocenters. The van der Waals surface area contributed by atoms with Gasteiger partial charge in [-0.25, -0.2) is 4.79 Å². The number of rotatable bonds is 7. The highest BCUT2D eigenvalue weighted by molar-refractivity contribution is 5.98. The van der Waals surface area contributed by atoms with E-state index in [-0.39, 0.29) is 18.5 Å². The molecule has 26 heavy (non-hydrogen) atoms. The topological polar surface area (TPSA) is 119 Å². The van der Waals surface area contributed by atoms with Gasteiger partial charge in [0, 0.05) is 11.5 Å². The summed E-state index contributed by atoms with van der Waals surface area (Å²) >= 11 is 0. The maximum absolute atomic E-state index is 12.8. The van der Waals surface area contributed by atoms with E-state index in [1.807, 2.05) is 0 Å². The van der Waals surface area contributed by atoms with Gasteiger partial charge < -0.3 is 19.5 Å². The van der Waals surface area contributed by atoms with Crippen LogP contribution in [0.15, 0.2) is 35.9 Å². The molecule has 0 radical (unpaired) electrons. The summed E-state index contributed by atoms with van der Waals surface area (Å²) in [6.45, 7) is -0.736. The second-order valence-corrected chi connectivity index (χ2v) is 5.70. The van der Waals surface area contributed by atoms with Crippen molar-refractivity contribution in [3.63, 3.8) is 0 Å². The molecule has 1 amide bonds. The van der Waals surface area contributed by atoms with Crippen LogP contribution in [0.3, 0.4) is 0 Å². The molecule has 0 aliphatic carbocycles. The van der Waals surface area contributed by atoms with Gasteiger partial charge in [-0.3, -0.25) is 14.9 Å². The summed E-state index contributed by atoms with van der Waals surface area (Å²) in [4.78, 5) is 36.5. The van der Waals surface area contributed by atoms with E-state index in [2.05, 4.69) is 0 Å². The average Bonchev–Trinajstić information content (AvgIpc) is 2.65. The molecule has 9 heteroatoms. The van der Waals surface area contributed by atoms with Crippen LogP contribution in [0.5, 0.6) is 5.75 Å². The Hall–Kier alpha value is -2.94. The maximum Gasteiger partial charge on any atom is 0.328 e. The van der Waals surface area contributed by atoms with Gasteiger partial charge in [0.25, 0.3) is 11.9 Å². The number of amides is 1. The molecule has 1 heterocycles. The van der Waals surface area contributed by atoms with Crippen molar-refractivity contribution in [2.45, 2.75) is 25.0 Å². The number of benzene rings is 1. The molecule has 1 N–H and O–H groups in total. The molecule has 2 atom stereocenters. The molecule has 9 nitrogen and oxygen atoms in total. The fraction of sp³-hybridized carbons (Fsp3) is 0.412. The third-order valence-electron chi connectivity index (χ3n) is 4.22. The summed E-state index contributed by atoms with van der Waals surface area (Å²) in [5.41, 5.74) is 0.585. The predicted octanol–water partition coefficient (Wildman–Crippen LogP) is 0.533. The van der Waals surface area contributed by atoms with Crippen molar-refractivity contribution in [1.29, 1.82) is 0 Å². The van der Waals surface area contributed by atoms with Gasteiger partial charge in [-0.2, -0.15) is 0 Å². The number of methoxy groups -OCH3 is 2. The Morgan fingerprint density at radius 1 is 1.38 bits per heavy atom. The smallest absolute Gasteiger partial charge is 0.328 e. The number of hydrogen-bond donors (Lipinski definition) is 1. The Balaban J connectivity index is 2.33. The van der Waals surface area contributed by atoms with Gasteiger partial charge in [0.1, 0.15) is 18.4 Å². The summed E-state index contributed by atoms with van der Waals surface area (Å²) in [5.74, 6) is -0.639. The van der Waals surface area contributed by atoms with Gasteiger partial charge in [-0.1, -0.05) is 18.2 Å². The Labute approximate surface area is 150 Å². The fourth-order valence-electron chi connectivity index (χ4n) is 2.79. The molecule has 0 aromatic heterocycles. The average molecular weight is 364 g/mol. The van der Waals surface area contributed by atoms with Crippen LogP contribution in [0.25, 0.3) is 0 Å². The quantitative estimate of drug-likeness (QED) is 0.426.